The Morgan fingerprint density at radius 2 is 2.19 bits per heavy atom. The highest BCUT2D eigenvalue weighted by atomic mass is 32.1. The number of hydrogen-bond acceptors (Lipinski definition) is 4. The van der Waals surface area contributed by atoms with Crippen LogP contribution in [-0.4, -0.2) is 28.1 Å². The molecular weight excluding hydrogens is 288 g/mol. The molecule has 6 nitrogen and oxygen atoms in total. The van der Waals surface area contributed by atoms with Crippen LogP contribution in [0.15, 0.2) is 23.7 Å². The number of aromatic nitrogens is 2. The molecule has 2 amide bonds. The lowest BCUT2D eigenvalue weighted by molar-refractivity contribution is -0.136. The van der Waals surface area contributed by atoms with E-state index in [1.165, 1.54) is 4.88 Å². The smallest absolute Gasteiger partial charge is 0.313 e. The van der Waals surface area contributed by atoms with Crippen LogP contribution in [0.25, 0.3) is 0 Å². The van der Waals surface area contributed by atoms with E-state index >= 15 is 0 Å². The summed E-state index contributed by atoms with van der Waals surface area (Å²) in [5, 5.41) is 11.3. The molecular formula is C14H18N4O2S. The van der Waals surface area contributed by atoms with Crippen molar-refractivity contribution in [1.82, 2.24) is 15.1 Å². The van der Waals surface area contributed by atoms with Crippen molar-refractivity contribution in [3.8, 4) is 0 Å². The van der Waals surface area contributed by atoms with E-state index in [-0.39, 0.29) is 5.92 Å². The van der Waals surface area contributed by atoms with Crippen LogP contribution in [0.5, 0.6) is 0 Å². The van der Waals surface area contributed by atoms with E-state index in [1.54, 1.807) is 36.2 Å². The van der Waals surface area contributed by atoms with Crippen LogP contribution in [0.2, 0.25) is 0 Å². The molecule has 0 aliphatic heterocycles. The second-order valence-electron chi connectivity index (χ2n) is 4.88. The number of nitrogens with zero attached hydrogens (tertiary/aromatic N) is 2. The first-order valence-corrected chi connectivity index (χ1v) is 7.48. The van der Waals surface area contributed by atoms with Gasteiger partial charge in [-0.25, -0.2) is 0 Å². The Labute approximate surface area is 127 Å². The summed E-state index contributed by atoms with van der Waals surface area (Å²) in [5.74, 6) is -1.13. The van der Waals surface area contributed by atoms with Crippen molar-refractivity contribution in [2.75, 3.05) is 11.9 Å². The summed E-state index contributed by atoms with van der Waals surface area (Å²) in [5.41, 5.74) is 1.22. The molecule has 0 fully saturated rings. The van der Waals surface area contributed by atoms with Gasteiger partial charge in [-0.1, -0.05) is 13.0 Å². The van der Waals surface area contributed by atoms with Crippen molar-refractivity contribution in [1.29, 1.82) is 0 Å². The third kappa shape index (κ3) is 3.91. The Morgan fingerprint density at radius 1 is 1.43 bits per heavy atom. The lowest BCUT2D eigenvalue weighted by Crippen LogP contribution is -2.37. The molecule has 2 heterocycles. The van der Waals surface area contributed by atoms with Crippen molar-refractivity contribution in [3.63, 3.8) is 0 Å². The van der Waals surface area contributed by atoms with Crippen molar-refractivity contribution in [2.24, 2.45) is 7.05 Å². The number of rotatable bonds is 4. The number of nitrogens with one attached hydrogen (secondary N) is 2. The largest absolute Gasteiger partial charge is 0.347 e. The van der Waals surface area contributed by atoms with Gasteiger partial charge in [-0.15, -0.1) is 11.3 Å². The molecule has 2 rings (SSSR count). The molecule has 0 aliphatic carbocycles. The van der Waals surface area contributed by atoms with Crippen LogP contribution in [0.3, 0.4) is 0 Å². The van der Waals surface area contributed by atoms with Gasteiger partial charge in [0, 0.05) is 30.6 Å². The molecule has 0 radical (unpaired) electrons. The Balaban J connectivity index is 1.85. The van der Waals surface area contributed by atoms with E-state index in [1.807, 2.05) is 24.4 Å². The first-order chi connectivity index (χ1) is 9.97. The Morgan fingerprint density at radius 3 is 2.76 bits per heavy atom. The van der Waals surface area contributed by atoms with Gasteiger partial charge in [0.25, 0.3) is 0 Å². The first-order valence-electron chi connectivity index (χ1n) is 6.60. The average Bonchev–Trinajstić information content (AvgIpc) is 3.06. The quantitative estimate of drug-likeness (QED) is 0.843. The van der Waals surface area contributed by atoms with Gasteiger partial charge in [-0.3, -0.25) is 14.3 Å². The standard InChI is InChI=1S/C14H18N4O2S/c1-9(12-5-4-6-21-12)7-15-13(19)14(20)16-11-8-18(3)17-10(11)2/h4-6,8-9H,7H2,1-3H3,(H,15,19)(H,16,20)/t9-/m1/s1. The SMILES string of the molecule is Cc1nn(C)cc1NC(=O)C(=O)NC[C@@H](C)c1cccs1. The van der Waals surface area contributed by atoms with Crippen LogP contribution in [0, 0.1) is 6.92 Å². The van der Waals surface area contributed by atoms with Crippen molar-refractivity contribution >= 4 is 28.8 Å². The Kier molecular flexibility index (Phi) is 4.74. The molecule has 2 aromatic rings. The second kappa shape index (κ2) is 6.53. The number of hydrogen-bond donors (Lipinski definition) is 2. The minimum Gasteiger partial charge on any atom is -0.347 e. The third-order valence-electron chi connectivity index (χ3n) is 3.07. The molecule has 0 saturated heterocycles. The topological polar surface area (TPSA) is 76.0 Å². The van der Waals surface area contributed by atoms with E-state index in [4.69, 9.17) is 0 Å². The van der Waals surface area contributed by atoms with Gasteiger partial charge < -0.3 is 10.6 Å². The van der Waals surface area contributed by atoms with E-state index < -0.39 is 11.8 Å². The predicted octanol–water partition coefficient (Wildman–Crippen LogP) is 1.65. The first kappa shape index (κ1) is 15.2. The van der Waals surface area contributed by atoms with E-state index in [0.717, 1.165) is 0 Å². The maximum atomic E-state index is 11.8. The van der Waals surface area contributed by atoms with Gasteiger partial charge in [0.15, 0.2) is 0 Å². The van der Waals surface area contributed by atoms with Crippen LogP contribution < -0.4 is 10.6 Å². The molecule has 0 unspecified atom stereocenters. The van der Waals surface area contributed by atoms with Gasteiger partial charge >= 0.3 is 11.8 Å². The normalized spacial score (nSPS) is 12.0. The van der Waals surface area contributed by atoms with E-state index in [9.17, 15) is 9.59 Å². The summed E-state index contributed by atoms with van der Waals surface area (Å²) >= 11 is 1.64. The second-order valence-corrected chi connectivity index (χ2v) is 5.86. The number of thiophene rings is 1. The molecule has 0 aliphatic rings. The molecule has 2 aromatic heterocycles. The number of aryl methyl sites for hydroxylation is 2. The molecule has 1 atom stereocenters. The fourth-order valence-electron chi connectivity index (χ4n) is 1.90. The molecule has 112 valence electrons. The Bertz CT molecular complexity index is 633. The number of amides is 2. The summed E-state index contributed by atoms with van der Waals surface area (Å²) in [7, 11) is 1.76. The van der Waals surface area contributed by atoms with Crippen LogP contribution in [-0.2, 0) is 16.6 Å². The fourth-order valence-corrected chi connectivity index (χ4v) is 2.69. The lowest BCUT2D eigenvalue weighted by atomic mass is 10.1. The summed E-state index contributed by atoms with van der Waals surface area (Å²) in [6.45, 7) is 4.21. The van der Waals surface area contributed by atoms with E-state index in [0.29, 0.717) is 17.9 Å². The number of anilines is 1. The maximum Gasteiger partial charge on any atom is 0.313 e. The van der Waals surface area contributed by atoms with Gasteiger partial charge in [0.05, 0.1) is 11.4 Å². The molecule has 2 N–H and O–H groups in total. The Hall–Kier alpha value is -2.15. The molecule has 7 heteroatoms. The highest BCUT2D eigenvalue weighted by Crippen LogP contribution is 2.19. The summed E-state index contributed by atoms with van der Waals surface area (Å²) in [4.78, 5) is 24.8. The van der Waals surface area contributed by atoms with Crippen LogP contribution >= 0.6 is 11.3 Å². The predicted molar refractivity (Wildman–Crippen MR) is 82.3 cm³/mol. The van der Waals surface area contributed by atoms with Gasteiger partial charge in [0.1, 0.15) is 0 Å². The monoisotopic (exact) mass is 306 g/mol. The minimum atomic E-state index is -0.676. The molecule has 21 heavy (non-hydrogen) atoms. The highest BCUT2D eigenvalue weighted by Gasteiger charge is 2.17. The van der Waals surface area contributed by atoms with Gasteiger partial charge in [-0.05, 0) is 18.4 Å². The summed E-state index contributed by atoms with van der Waals surface area (Å²) in [6, 6.07) is 3.98. The molecule has 0 saturated carbocycles. The minimum absolute atomic E-state index is 0.182. The zero-order chi connectivity index (χ0) is 15.4. The number of carbonyl (C=O) groups is 2. The van der Waals surface area contributed by atoms with Gasteiger partial charge in [0.2, 0.25) is 0 Å². The molecule has 0 bridgehead atoms. The average molecular weight is 306 g/mol. The third-order valence-corrected chi connectivity index (χ3v) is 4.17. The highest BCUT2D eigenvalue weighted by molar-refractivity contribution is 7.10. The number of carbonyl (C=O) groups excluding carboxylic acids is 2. The van der Waals surface area contributed by atoms with Crippen LogP contribution in [0.4, 0.5) is 5.69 Å². The van der Waals surface area contributed by atoms with Crippen molar-refractivity contribution in [2.45, 2.75) is 19.8 Å². The maximum absolute atomic E-state index is 11.8. The zero-order valence-electron chi connectivity index (χ0n) is 12.2. The van der Waals surface area contributed by atoms with Crippen LogP contribution in [0.1, 0.15) is 23.4 Å². The lowest BCUT2D eigenvalue weighted by Gasteiger charge is -2.10. The van der Waals surface area contributed by atoms with Crippen molar-refractivity contribution in [3.05, 3.63) is 34.3 Å². The summed E-state index contributed by atoms with van der Waals surface area (Å²) < 4.78 is 1.59. The molecule has 0 aromatic carbocycles. The zero-order valence-corrected chi connectivity index (χ0v) is 13.0. The fraction of sp³-hybridized carbons (Fsp3) is 0.357. The van der Waals surface area contributed by atoms with E-state index in [2.05, 4.69) is 15.7 Å². The van der Waals surface area contributed by atoms with Crippen molar-refractivity contribution < 1.29 is 9.59 Å². The van der Waals surface area contributed by atoms with Gasteiger partial charge in [-0.2, -0.15) is 5.10 Å². The summed E-state index contributed by atoms with van der Waals surface area (Å²) in [6.07, 6.45) is 1.66. The molecule has 0 spiro atoms.